The van der Waals surface area contributed by atoms with Gasteiger partial charge in [0.15, 0.2) is 5.65 Å². The summed E-state index contributed by atoms with van der Waals surface area (Å²) in [6.45, 7) is 0.939. The second-order valence-corrected chi connectivity index (χ2v) is 9.43. The summed E-state index contributed by atoms with van der Waals surface area (Å²) in [5.41, 5.74) is 2.08. The van der Waals surface area contributed by atoms with E-state index in [1.165, 1.54) is 12.8 Å². The molecule has 1 aromatic carbocycles. The lowest BCUT2D eigenvalue weighted by Gasteiger charge is -2.47. The van der Waals surface area contributed by atoms with Crippen LogP contribution in [0.5, 0.6) is 0 Å². The molecule has 1 saturated heterocycles. The van der Waals surface area contributed by atoms with Gasteiger partial charge in [0.2, 0.25) is 0 Å². The summed E-state index contributed by atoms with van der Waals surface area (Å²) in [5.74, 6) is -0.0585. The number of likely N-dealkylation sites (tertiary alicyclic amines) is 1. The van der Waals surface area contributed by atoms with Gasteiger partial charge < -0.3 is 19.5 Å². The molecule has 1 amide bonds. The second-order valence-electron chi connectivity index (χ2n) is 9.43. The maximum atomic E-state index is 13.4. The Bertz CT molecular complexity index is 1110. The van der Waals surface area contributed by atoms with E-state index in [0.717, 1.165) is 29.6 Å². The first-order valence-electron chi connectivity index (χ1n) is 11.5. The van der Waals surface area contributed by atoms with Crippen LogP contribution in [0.2, 0.25) is 0 Å². The number of likely N-dealkylation sites (N-methyl/N-ethyl adjacent to an activating group) is 1. The lowest BCUT2D eigenvalue weighted by atomic mass is 9.79. The zero-order chi connectivity index (χ0) is 22.3. The van der Waals surface area contributed by atoms with Crippen LogP contribution in [0, 0.1) is 0 Å². The molecule has 1 aliphatic heterocycles. The molecule has 7 heteroatoms. The first-order chi connectivity index (χ1) is 15.5. The van der Waals surface area contributed by atoms with Crippen molar-refractivity contribution in [3.05, 3.63) is 60.0 Å². The van der Waals surface area contributed by atoms with Crippen LogP contribution in [0.4, 0.5) is 0 Å². The van der Waals surface area contributed by atoms with E-state index in [2.05, 4.69) is 14.5 Å². The molecule has 0 spiro atoms. The molecule has 3 heterocycles. The standard InChI is InChI=1S/C25H31N5O2/c1-28(2)22-16-29(13-12-25(22,32)19-8-4-3-5-9-19)24(31)18-14-21-23(26-15-18)30(17-27-21)20-10-6-7-11-20/h3-5,8-9,14-15,17,20,22,32H,6-7,10-13,16H2,1-2H3/t22-,25+/m1/s1. The van der Waals surface area contributed by atoms with Crippen molar-refractivity contribution in [2.24, 2.45) is 0 Å². The predicted octanol–water partition coefficient (Wildman–Crippen LogP) is 3.21. The number of nitrogens with zero attached hydrogens (tertiary/aromatic N) is 5. The van der Waals surface area contributed by atoms with E-state index in [-0.39, 0.29) is 11.9 Å². The van der Waals surface area contributed by atoms with Gasteiger partial charge in [0.25, 0.3) is 5.91 Å². The second kappa shape index (κ2) is 8.30. The van der Waals surface area contributed by atoms with Crippen LogP contribution in [0.1, 0.15) is 54.1 Å². The van der Waals surface area contributed by atoms with Gasteiger partial charge in [-0.3, -0.25) is 4.79 Å². The molecular formula is C25H31N5O2. The number of aliphatic hydroxyl groups is 1. The molecule has 168 valence electrons. The normalized spacial score (nSPS) is 24.5. The number of fused-ring (bicyclic) bond motifs is 1. The number of carbonyl (C=O) groups is 1. The zero-order valence-electron chi connectivity index (χ0n) is 18.8. The van der Waals surface area contributed by atoms with Crippen molar-refractivity contribution in [1.29, 1.82) is 0 Å². The summed E-state index contributed by atoms with van der Waals surface area (Å²) in [5, 5.41) is 11.6. The predicted molar refractivity (Wildman–Crippen MR) is 123 cm³/mol. The van der Waals surface area contributed by atoms with Gasteiger partial charge in [-0.1, -0.05) is 43.2 Å². The van der Waals surface area contributed by atoms with Crippen LogP contribution in [-0.4, -0.2) is 68.6 Å². The number of pyridine rings is 1. The summed E-state index contributed by atoms with van der Waals surface area (Å²) < 4.78 is 2.17. The average Bonchev–Trinajstić information content (AvgIpc) is 3.48. The smallest absolute Gasteiger partial charge is 0.255 e. The zero-order valence-corrected chi connectivity index (χ0v) is 18.8. The SMILES string of the molecule is CN(C)[C@@H]1CN(C(=O)c2cnc3c(c2)ncn3C2CCCC2)CC[C@]1(O)c1ccccc1. The van der Waals surface area contributed by atoms with Crippen LogP contribution in [0.3, 0.4) is 0 Å². The van der Waals surface area contributed by atoms with Crippen molar-refractivity contribution >= 4 is 17.1 Å². The minimum atomic E-state index is -0.996. The van der Waals surface area contributed by atoms with Gasteiger partial charge in [0.1, 0.15) is 11.1 Å². The van der Waals surface area contributed by atoms with Gasteiger partial charge in [-0.15, -0.1) is 0 Å². The molecule has 0 unspecified atom stereocenters. The third-order valence-corrected chi connectivity index (χ3v) is 7.27. The molecule has 1 aliphatic carbocycles. The quantitative estimate of drug-likeness (QED) is 0.684. The molecule has 7 nitrogen and oxygen atoms in total. The van der Waals surface area contributed by atoms with Crippen LogP contribution in [0.15, 0.2) is 48.9 Å². The van der Waals surface area contributed by atoms with Crippen molar-refractivity contribution in [3.63, 3.8) is 0 Å². The molecule has 3 aromatic rings. The number of amides is 1. The largest absolute Gasteiger partial charge is 0.383 e. The van der Waals surface area contributed by atoms with Gasteiger partial charge in [-0.2, -0.15) is 0 Å². The monoisotopic (exact) mass is 433 g/mol. The third-order valence-electron chi connectivity index (χ3n) is 7.27. The fourth-order valence-corrected chi connectivity index (χ4v) is 5.43. The molecule has 5 rings (SSSR count). The summed E-state index contributed by atoms with van der Waals surface area (Å²) in [6, 6.07) is 11.9. The molecule has 0 radical (unpaired) electrons. The van der Waals surface area contributed by atoms with E-state index in [4.69, 9.17) is 0 Å². The summed E-state index contributed by atoms with van der Waals surface area (Å²) in [6.07, 6.45) is 8.86. The lowest BCUT2D eigenvalue weighted by molar-refractivity contribution is -0.0810. The van der Waals surface area contributed by atoms with Crippen LogP contribution < -0.4 is 0 Å². The highest BCUT2D eigenvalue weighted by Crippen LogP contribution is 2.36. The molecule has 1 N–H and O–H groups in total. The van der Waals surface area contributed by atoms with Gasteiger partial charge in [-0.25, -0.2) is 9.97 Å². The number of imidazole rings is 1. The third kappa shape index (κ3) is 3.59. The maximum Gasteiger partial charge on any atom is 0.255 e. The highest BCUT2D eigenvalue weighted by molar-refractivity contribution is 5.96. The number of hydrogen-bond donors (Lipinski definition) is 1. The molecule has 2 fully saturated rings. The molecular weight excluding hydrogens is 402 g/mol. The summed E-state index contributed by atoms with van der Waals surface area (Å²) in [4.78, 5) is 26.4. The molecule has 2 aliphatic rings. The lowest BCUT2D eigenvalue weighted by Crippen LogP contribution is -2.60. The number of carbonyl (C=O) groups excluding carboxylic acids is 1. The highest BCUT2D eigenvalue weighted by atomic mass is 16.3. The van der Waals surface area contributed by atoms with Crippen molar-refractivity contribution in [1.82, 2.24) is 24.3 Å². The number of aromatic nitrogens is 3. The van der Waals surface area contributed by atoms with E-state index >= 15 is 0 Å². The Morgan fingerprint density at radius 1 is 1.16 bits per heavy atom. The number of piperidine rings is 1. The maximum absolute atomic E-state index is 13.4. The van der Waals surface area contributed by atoms with Gasteiger partial charge >= 0.3 is 0 Å². The average molecular weight is 434 g/mol. The Kier molecular flexibility index (Phi) is 5.47. The van der Waals surface area contributed by atoms with Crippen LogP contribution in [-0.2, 0) is 5.60 Å². The minimum absolute atomic E-state index is 0.0585. The Hall–Kier alpha value is -2.77. The summed E-state index contributed by atoms with van der Waals surface area (Å²) in [7, 11) is 3.91. The van der Waals surface area contributed by atoms with Gasteiger partial charge in [0.05, 0.1) is 17.9 Å². The van der Waals surface area contributed by atoms with Gasteiger partial charge in [-0.05, 0) is 45.0 Å². The topological polar surface area (TPSA) is 74.5 Å². The van der Waals surface area contributed by atoms with Gasteiger partial charge in [0, 0.05) is 25.3 Å². The fourth-order valence-electron chi connectivity index (χ4n) is 5.43. The van der Waals surface area contributed by atoms with Crippen molar-refractivity contribution in [3.8, 4) is 0 Å². The number of rotatable bonds is 4. The Labute approximate surface area is 188 Å². The fraction of sp³-hybridized carbons (Fsp3) is 0.480. The first-order valence-corrected chi connectivity index (χ1v) is 11.5. The Morgan fingerprint density at radius 3 is 2.62 bits per heavy atom. The number of benzene rings is 1. The Morgan fingerprint density at radius 2 is 1.91 bits per heavy atom. The van der Waals surface area contributed by atoms with E-state index in [9.17, 15) is 9.90 Å². The molecule has 32 heavy (non-hydrogen) atoms. The van der Waals surface area contributed by atoms with Crippen molar-refractivity contribution in [2.75, 3.05) is 27.2 Å². The van der Waals surface area contributed by atoms with Crippen molar-refractivity contribution < 1.29 is 9.90 Å². The molecule has 2 aromatic heterocycles. The molecule has 2 atom stereocenters. The minimum Gasteiger partial charge on any atom is -0.383 e. The van der Waals surface area contributed by atoms with E-state index < -0.39 is 5.60 Å². The number of hydrogen-bond acceptors (Lipinski definition) is 5. The Balaban J connectivity index is 1.38. The van der Waals surface area contributed by atoms with Crippen LogP contribution >= 0.6 is 0 Å². The molecule has 1 saturated carbocycles. The van der Waals surface area contributed by atoms with E-state index in [0.29, 0.717) is 31.1 Å². The van der Waals surface area contributed by atoms with E-state index in [1.54, 1.807) is 6.20 Å². The van der Waals surface area contributed by atoms with E-state index in [1.807, 2.05) is 66.6 Å². The summed E-state index contributed by atoms with van der Waals surface area (Å²) >= 11 is 0. The highest BCUT2D eigenvalue weighted by Gasteiger charge is 2.45. The van der Waals surface area contributed by atoms with Crippen LogP contribution in [0.25, 0.3) is 11.2 Å². The first kappa shape index (κ1) is 21.1. The van der Waals surface area contributed by atoms with Crippen molar-refractivity contribution in [2.45, 2.75) is 49.8 Å². The molecule has 0 bridgehead atoms.